The fraction of sp³-hybridized carbons (Fsp3) is 1.00. The Morgan fingerprint density at radius 2 is 1.94 bits per heavy atom. The third-order valence-corrected chi connectivity index (χ3v) is 5.26. The summed E-state index contributed by atoms with van der Waals surface area (Å²) in [4.78, 5) is 0. The third kappa shape index (κ3) is 3.27. The molecule has 0 aromatic rings. The first-order valence-electron chi connectivity index (χ1n) is 7.60. The van der Waals surface area contributed by atoms with Gasteiger partial charge in [0.1, 0.15) is 0 Å². The maximum absolute atomic E-state index is 5.85. The molecule has 1 fully saturated rings. The van der Waals surface area contributed by atoms with Gasteiger partial charge in [0.2, 0.25) is 0 Å². The largest absolute Gasteiger partial charge is 0.378 e. The minimum Gasteiger partial charge on any atom is -0.378 e. The molecule has 1 rings (SSSR count). The van der Waals surface area contributed by atoms with Gasteiger partial charge in [0.05, 0.1) is 6.10 Å². The van der Waals surface area contributed by atoms with Gasteiger partial charge in [-0.2, -0.15) is 0 Å². The van der Waals surface area contributed by atoms with Crippen molar-refractivity contribution in [3.05, 3.63) is 0 Å². The van der Waals surface area contributed by atoms with Gasteiger partial charge in [-0.1, -0.05) is 41.5 Å². The first-order valence-corrected chi connectivity index (χ1v) is 7.60. The molecule has 0 amide bonds. The number of nitrogens with one attached hydrogen (secondary N) is 1. The van der Waals surface area contributed by atoms with Crippen LogP contribution in [0.4, 0.5) is 0 Å². The molecule has 0 heterocycles. The third-order valence-electron chi connectivity index (χ3n) is 5.26. The van der Waals surface area contributed by atoms with E-state index in [9.17, 15) is 0 Å². The molecule has 108 valence electrons. The second kappa shape index (κ2) is 5.92. The summed E-state index contributed by atoms with van der Waals surface area (Å²) in [7, 11) is 0. The van der Waals surface area contributed by atoms with Crippen LogP contribution in [0.5, 0.6) is 0 Å². The highest BCUT2D eigenvalue weighted by Gasteiger charge is 2.50. The van der Waals surface area contributed by atoms with Crippen LogP contribution in [0, 0.1) is 16.7 Å². The second-order valence-electron chi connectivity index (χ2n) is 7.27. The lowest BCUT2D eigenvalue weighted by atomic mass is 9.61. The van der Waals surface area contributed by atoms with Gasteiger partial charge in [-0.05, 0) is 37.6 Å². The van der Waals surface area contributed by atoms with E-state index in [-0.39, 0.29) is 0 Å². The molecule has 4 unspecified atom stereocenters. The minimum absolute atomic E-state index is 0.327. The first kappa shape index (κ1) is 16.0. The molecule has 1 aliphatic carbocycles. The predicted octanol–water partition coefficient (Wildman–Crippen LogP) is 3.85. The van der Waals surface area contributed by atoms with Crippen molar-refractivity contribution in [2.75, 3.05) is 13.2 Å². The Morgan fingerprint density at radius 3 is 2.39 bits per heavy atom. The maximum atomic E-state index is 5.85. The van der Waals surface area contributed by atoms with Crippen LogP contribution in [0.2, 0.25) is 0 Å². The Bertz CT molecular complexity index is 258. The molecule has 0 aromatic heterocycles. The van der Waals surface area contributed by atoms with Gasteiger partial charge < -0.3 is 10.1 Å². The van der Waals surface area contributed by atoms with Crippen LogP contribution < -0.4 is 5.32 Å². The van der Waals surface area contributed by atoms with Crippen molar-refractivity contribution in [3.63, 3.8) is 0 Å². The Kier molecular flexibility index (Phi) is 5.25. The molecule has 1 saturated carbocycles. The quantitative estimate of drug-likeness (QED) is 0.778. The fourth-order valence-electron chi connectivity index (χ4n) is 2.69. The molecule has 2 nitrogen and oxygen atoms in total. The molecule has 0 aromatic carbocycles. The van der Waals surface area contributed by atoms with Crippen molar-refractivity contribution in [1.29, 1.82) is 0 Å². The molecule has 0 aliphatic heterocycles. The zero-order valence-corrected chi connectivity index (χ0v) is 13.5. The van der Waals surface area contributed by atoms with E-state index < -0.39 is 0 Å². The average Bonchev–Trinajstić information content (AvgIpc) is 2.29. The lowest BCUT2D eigenvalue weighted by Gasteiger charge is -2.54. The van der Waals surface area contributed by atoms with Crippen LogP contribution in [0.15, 0.2) is 0 Å². The molecule has 0 radical (unpaired) electrons. The smallest absolute Gasteiger partial charge is 0.0658 e. The summed E-state index contributed by atoms with van der Waals surface area (Å²) in [6.07, 6.45) is 2.82. The van der Waals surface area contributed by atoms with Crippen molar-refractivity contribution in [2.24, 2.45) is 16.7 Å². The summed E-state index contributed by atoms with van der Waals surface area (Å²) in [5.74, 6) is 0.699. The molecular formula is C16H33NO. The SMILES string of the molecule is CCOC1CC(NCC(C)C(C)(C)C)C1(C)CC. The molecule has 1 N–H and O–H groups in total. The summed E-state index contributed by atoms with van der Waals surface area (Å²) in [6, 6.07) is 0.629. The molecular weight excluding hydrogens is 222 g/mol. The molecule has 2 heteroatoms. The fourth-order valence-corrected chi connectivity index (χ4v) is 2.69. The van der Waals surface area contributed by atoms with Crippen molar-refractivity contribution < 1.29 is 4.74 Å². The average molecular weight is 255 g/mol. The summed E-state index contributed by atoms with van der Waals surface area (Å²) < 4.78 is 5.85. The van der Waals surface area contributed by atoms with E-state index in [1.165, 1.54) is 12.8 Å². The van der Waals surface area contributed by atoms with Crippen LogP contribution >= 0.6 is 0 Å². The number of hydrogen-bond donors (Lipinski definition) is 1. The van der Waals surface area contributed by atoms with Gasteiger partial charge in [0.15, 0.2) is 0 Å². The zero-order valence-electron chi connectivity index (χ0n) is 13.5. The lowest BCUT2D eigenvalue weighted by molar-refractivity contribution is -0.126. The van der Waals surface area contributed by atoms with Crippen LogP contribution in [0.1, 0.15) is 61.3 Å². The minimum atomic E-state index is 0.327. The maximum Gasteiger partial charge on any atom is 0.0658 e. The lowest BCUT2D eigenvalue weighted by Crippen LogP contribution is -2.62. The summed E-state index contributed by atoms with van der Waals surface area (Å²) >= 11 is 0. The van der Waals surface area contributed by atoms with E-state index >= 15 is 0 Å². The number of ether oxygens (including phenoxy) is 1. The van der Waals surface area contributed by atoms with Crippen LogP contribution in [0.3, 0.4) is 0 Å². The Balaban J connectivity index is 2.45. The highest BCUT2D eigenvalue weighted by Crippen LogP contribution is 2.46. The molecule has 4 atom stereocenters. The van der Waals surface area contributed by atoms with Crippen molar-refractivity contribution >= 4 is 0 Å². The summed E-state index contributed by atoms with van der Waals surface area (Å²) in [6.45, 7) is 18.0. The van der Waals surface area contributed by atoms with Gasteiger partial charge >= 0.3 is 0 Å². The molecule has 18 heavy (non-hydrogen) atoms. The number of rotatable bonds is 6. The summed E-state index contributed by atoms with van der Waals surface area (Å²) in [5.41, 5.74) is 0.715. The van der Waals surface area contributed by atoms with Gasteiger partial charge in [0.25, 0.3) is 0 Å². The predicted molar refractivity (Wildman–Crippen MR) is 78.8 cm³/mol. The van der Waals surface area contributed by atoms with Gasteiger partial charge in [-0.25, -0.2) is 0 Å². The van der Waals surface area contributed by atoms with Crippen LogP contribution in [-0.4, -0.2) is 25.3 Å². The summed E-state index contributed by atoms with van der Waals surface area (Å²) in [5, 5.41) is 3.78. The Hall–Kier alpha value is -0.0800. The highest BCUT2D eigenvalue weighted by atomic mass is 16.5. The van der Waals surface area contributed by atoms with Crippen molar-refractivity contribution in [2.45, 2.75) is 73.5 Å². The zero-order chi connectivity index (χ0) is 14.0. The van der Waals surface area contributed by atoms with Crippen LogP contribution in [0.25, 0.3) is 0 Å². The highest BCUT2D eigenvalue weighted by molar-refractivity contribution is 5.04. The van der Waals surface area contributed by atoms with E-state index in [0.29, 0.717) is 28.9 Å². The van der Waals surface area contributed by atoms with Crippen molar-refractivity contribution in [1.82, 2.24) is 5.32 Å². The number of hydrogen-bond acceptors (Lipinski definition) is 2. The van der Waals surface area contributed by atoms with E-state index in [4.69, 9.17) is 4.74 Å². The standard InChI is InChI=1S/C16H33NO/c1-8-16(7)13(10-14(16)18-9-2)17-11-12(3)15(4,5)6/h12-14,17H,8-11H2,1-7H3. The van der Waals surface area contributed by atoms with E-state index in [1.807, 2.05) is 0 Å². The molecule has 0 bridgehead atoms. The molecule has 0 spiro atoms. The second-order valence-corrected chi connectivity index (χ2v) is 7.27. The van der Waals surface area contributed by atoms with Crippen molar-refractivity contribution in [3.8, 4) is 0 Å². The van der Waals surface area contributed by atoms with Gasteiger partial charge in [0, 0.05) is 18.1 Å². The van der Waals surface area contributed by atoms with Gasteiger partial charge in [-0.15, -0.1) is 0 Å². The molecule has 1 aliphatic rings. The Labute approximate surface area is 114 Å². The normalized spacial score (nSPS) is 34.2. The van der Waals surface area contributed by atoms with E-state index in [0.717, 1.165) is 13.2 Å². The monoisotopic (exact) mass is 255 g/mol. The topological polar surface area (TPSA) is 21.3 Å². The van der Waals surface area contributed by atoms with Crippen LogP contribution in [-0.2, 0) is 4.74 Å². The Morgan fingerprint density at radius 1 is 1.33 bits per heavy atom. The van der Waals surface area contributed by atoms with E-state index in [2.05, 4.69) is 53.8 Å². The first-order chi connectivity index (χ1) is 8.25. The van der Waals surface area contributed by atoms with Gasteiger partial charge in [-0.3, -0.25) is 0 Å². The van der Waals surface area contributed by atoms with E-state index in [1.54, 1.807) is 0 Å². The molecule has 0 saturated heterocycles.